The molecule has 0 amide bonds. The first-order chi connectivity index (χ1) is 22.8. The second-order valence-electron chi connectivity index (χ2n) is 10.7. The Hall–Kier alpha value is -4.84. The van der Waals surface area contributed by atoms with E-state index in [0.717, 1.165) is 29.7 Å². The van der Waals surface area contributed by atoms with E-state index in [1.807, 2.05) is 31.2 Å². The normalized spacial score (nSPS) is 11.8. The topological polar surface area (TPSA) is 18.5 Å². The van der Waals surface area contributed by atoms with Crippen molar-refractivity contribution in [1.82, 2.24) is 0 Å². The van der Waals surface area contributed by atoms with Crippen molar-refractivity contribution in [2.45, 2.75) is 32.5 Å². The molecular formula is C36H24F10O2. The molecule has 5 rings (SSSR count). The molecule has 0 spiro atoms. The zero-order chi connectivity index (χ0) is 34.7. The van der Waals surface area contributed by atoms with Gasteiger partial charge in [-0.3, -0.25) is 0 Å². The van der Waals surface area contributed by atoms with Crippen molar-refractivity contribution in [3.8, 4) is 39.1 Å². The highest BCUT2D eigenvalue weighted by atomic mass is 19.3. The Morgan fingerprint density at radius 2 is 1.08 bits per heavy atom. The molecule has 12 heteroatoms. The van der Waals surface area contributed by atoms with Gasteiger partial charge in [-0.05, 0) is 58.5 Å². The number of hydrogen-bond acceptors (Lipinski definition) is 2. The van der Waals surface area contributed by atoms with Gasteiger partial charge in [-0.15, -0.1) is 0 Å². The molecule has 0 saturated carbocycles. The minimum absolute atomic E-state index is 0.0122. The summed E-state index contributed by atoms with van der Waals surface area (Å²) in [5, 5.41) is 0. The lowest BCUT2D eigenvalue weighted by Crippen LogP contribution is -2.25. The quantitative estimate of drug-likeness (QED) is 0.102. The van der Waals surface area contributed by atoms with Crippen LogP contribution in [0.1, 0.15) is 36.5 Å². The minimum Gasteiger partial charge on any atom is -0.429 e. The summed E-state index contributed by atoms with van der Waals surface area (Å²) in [5.74, 6) is -10.7. The average Bonchev–Trinajstić information content (AvgIpc) is 3.00. The highest BCUT2D eigenvalue weighted by Gasteiger charge is 2.42. The molecular weight excluding hydrogens is 654 g/mol. The molecule has 0 aromatic heterocycles. The van der Waals surface area contributed by atoms with Crippen LogP contribution in [0.25, 0.3) is 33.4 Å². The van der Waals surface area contributed by atoms with Gasteiger partial charge in [0.05, 0.1) is 12.2 Å². The summed E-state index contributed by atoms with van der Waals surface area (Å²) >= 11 is 0. The van der Waals surface area contributed by atoms with Crippen molar-refractivity contribution in [3.63, 3.8) is 0 Å². The maximum Gasteiger partial charge on any atom is 0.432 e. The van der Waals surface area contributed by atoms with Crippen molar-refractivity contribution in [2.24, 2.45) is 0 Å². The summed E-state index contributed by atoms with van der Waals surface area (Å²) in [4.78, 5) is 0. The molecule has 0 bridgehead atoms. The molecule has 0 atom stereocenters. The van der Waals surface area contributed by atoms with E-state index in [1.54, 1.807) is 6.07 Å². The highest BCUT2D eigenvalue weighted by Crippen LogP contribution is 2.39. The van der Waals surface area contributed by atoms with E-state index in [9.17, 15) is 35.1 Å². The lowest BCUT2D eigenvalue weighted by molar-refractivity contribution is -0.189. The monoisotopic (exact) mass is 678 g/mol. The zero-order valence-electron chi connectivity index (χ0n) is 24.9. The number of benzene rings is 5. The van der Waals surface area contributed by atoms with Gasteiger partial charge in [-0.25, -0.2) is 35.1 Å². The zero-order valence-corrected chi connectivity index (χ0v) is 24.9. The van der Waals surface area contributed by atoms with Crippen LogP contribution in [0, 0.1) is 34.9 Å². The van der Waals surface area contributed by atoms with Gasteiger partial charge in [0.1, 0.15) is 46.2 Å². The fourth-order valence-electron chi connectivity index (χ4n) is 5.01. The van der Waals surface area contributed by atoms with E-state index in [1.165, 1.54) is 18.2 Å². The predicted octanol–water partition coefficient (Wildman–Crippen LogP) is 11.5. The van der Waals surface area contributed by atoms with Gasteiger partial charge in [0.15, 0.2) is 0 Å². The van der Waals surface area contributed by atoms with Gasteiger partial charge in [-0.2, -0.15) is 8.78 Å². The number of halogens is 10. The van der Waals surface area contributed by atoms with Gasteiger partial charge in [0.2, 0.25) is 0 Å². The molecule has 0 aliphatic rings. The van der Waals surface area contributed by atoms with Crippen LogP contribution in [0.2, 0.25) is 0 Å². The molecule has 2 nitrogen and oxygen atoms in total. The third-order valence-corrected chi connectivity index (χ3v) is 7.31. The van der Waals surface area contributed by atoms with Gasteiger partial charge in [0, 0.05) is 29.9 Å². The van der Waals surface area contributed by atoms with E-state index in [0.29, 0.717) is 30.9 Å². The van der Waals surface area contributed by atoms with Crippen molar-refractivity contribution in [2.75, 3.05) is 6.61 Å². The summed E-state index contributed by atoms with van der Waals surface area (Å²) < 4.78 is 153. The Morgan fingerprint density at radius 3 is 1.62 bits per heavy atom. The SMILES string of the molecule is CCCOCc1ccc(-c2ccc(-c3ccc(-c4cc(F)c(C(F)(F)Oc5cc(F)c(C(F)F)c(F)c5)c(F)c4)c(F)c3)c(F)c2)cc1. The van der Waals surface area contributed by atoms with Crippen LogP contribution in [0.4, 0.5) is 43.9 Å². The first-order valence-corrected chi connectivity index (χ1v) is 14.4. The number of hydrogen-bond donors (Lipinski definition) is 0. The van der Waals surface area contributed by atoms with Crippen LogP contribution in [0.3, 0.4) is 0 Å². The van der Waals surface area contributed by atoms with E-state index in [4.69, 9.17) is 4.74 Å². The second kappa shape index (κ2) is 14.1. The van der Waals surface area contributed by atoms with Crippen LogP contribution >= 0.6 is 0 Å². The van der Waals surface area contributed by atoms with Crippen molar-refractivity contribution in [1.29, 1.82) is 0 Å². The Kier molecular flexibility index (Phi) is 10.1. The first kappa shape index (κ1) is 34.5. The number of alkyl halides is 4. The standard InChI is InChI=1S/C36H24F10O2/c1-2-11-47-18-19-3-5-20(6-4-19)21-7-9-25(27(37)12-21)22-8-10-26(28(38)13-22)23-14-31(41)34(32(42)15-23)36(45,46)48-24-16-29(39)33(35(43)44)30(40)17-24/h3-10,12-17,35H,2,11,18H2,1H3. The molecule has 0 aliphatic carbocycles. The van der Waals surface area contributed by atoms with Crippen LogP contribution in [0.5, 0.6) is 5.75 Å². The molecule has 0 fully saturated rings. The van der Waals surface area contributed by atoms with Crippen LogP contribution in [0.15, 0.2) is 84.9 Å². The maximum atomic E-state index is 15.2. The average molecular weight is 679 g/mol. The Bertz CT molecular complexity index is 1890. The molecule has 0 aliphatic heterocycles. The van der Waals surface area contributed by atoms with Crippen molar-refractivity contribution >= 4 is 0 Å². The molecule has 5 aromatic carbocycles. The first-order valence-electron chi connectivity index (χ1n) is 14.4. The summed E-state index contributed by atoms with van der Waals surface area (Å²) in [6, 6.07) is 15.7. The number of ether oxygens (including phenoxy) is 2. The molecule has 0 saturated heterocycles. The fraction of sp³-hybridized carbons (Fsp3) is 0.167. The molecule has 0 heterocycles. The van der Waals surface area contributed by atoms with Gasteiger partial charge in [-0.1, -0.05) is 55.5 Å². The third-order valence-electron chi connectivity index (χ3n) is 7.31. The van der Waals surface area contributed by atoms with Crippen LogP contribution in [-0.4, -0.2) is 6.61 Å². The van der Waals surface area contributed by atoms with Crippen molar-refractivity contribution < 1.29 is 53.4 Å². The van der Waals surface area contributed by atoms with E-state index in [-0.39, 0.29) is 23.3 Å². The molecule has 0 unspecified atom stereocenters. The summed E-state index contributed by atoms with van der Waals surface area (Å²) in [6.07, 6.45) is -7.60. The van der Waals surface area contributed by atoms with Crippen molar-refractivity contribution in [3.05, 3.63) is 137 Å². The van der Waals surface area contributed by atoms with Crippen LogP contribution in [-0.2, 0) is 17.5 Å². The summed E-state index contributed by atoms with van der Waals surface area (Å²) in [5.41, 5.74) is -2.27. The lowest BCUT2D eigenvalue weighted by Gasteiger charge is -2.20. The largest absolute Gasteiger partial charge is 0.432 e. The maximum absolute atomic E-state index is 15.2. The predicted molar refractivity (Wildman–Crippen MR) is 158 cm³/mol. The van der Waals surface area contributed by atoms with Gasteiger partial charge < -0.3 is 9.47 Å². The molecule has 0 radical (unpaired) electrons. The Balaban J connectivity index is 1.37. The molecule has 48 heavy (non-hydrogen) atoms. The van der Waals surface area contributed by atoms with Crippen LogP contribution < -0.4 is 4.74 Å². The lowest BCUT2D eigenvalue weighted by atomic mass is 9.96. The third kappa shape index (κ3) is 7.33. The number of rotatable bonds is 11. The van der Waals surface area contributed by atoms with Gasteiger partial charge in [0.25, 0.3) is 6.43 Å². The van der Waals surface area contributed by atoms with E-state index >= 15 is 8.78 Å². The Labute approximate surface area is 268 Å². The summed E-state index contributed by atoms with van der Waals surface area (Å²) in [7, 11) is 0. The minimum atomic E-state index is -4.88. The smallest absolute Gasteiger partial charge is 0.429 e. The molecule has 5 aromatic rings. The molecule has 0 N–H and O–H groups in total. The van der Waals surface area contributed by atoms with E-state index < -0.39 is 75.4 Å². The second-order valence-corrected chi connectivity index (χ2v) is 10.7. The summed E-state index contributed by atoms with van der Waals surface area (Å²) in [6.45, 7) is 3.07. The van der Waals surface area contributed by atoms with Gasteiger partial charge >= 0.3 is 6.11 Å². The molecule has 250 valence electrons. The fourth-order valence-corrected chi connectivity index (χ4v) is 5.01. The Morgan fingerprint density at radius 1 is 0.583 bits per heavy atom. The highest BCUT2D eigenvalue weighted by molar-refractivity contribution is 5.74. The van der Waals surface area contributed by atoms with E-state index in [2.05, 4.69) is 4.74 Å².